The summed E-state index contributed by atoms with van der Waals surface area (Å²) in [7, 11) is 0. The number of hydrogen-bond acceptors (Lipinski definition) is 6. The summed E-state index contributed by atoms with van der Waals surface area (Å²) in [5.74, 6) is 0.707. The molecule has 0 spiro atoms. The number of nitrogens with one attached hydrogen (secondary N) is 1. The number of H-pyrrole nitrogens is 1. The summed E-state index contributed by atoms with van der Waals surface area (Å²) in [6.07, 6.45) is 6.18. The lowest BCUT2D eigenvalue weighted by atomic mass is 9.78. The van der Waals surface area contributed by atoms with Gasteiger partial charge in [-0.2, -0.15) is 9.97 Å². The van der Waals surface area contributed by atoms with Crippen LogP contribution in [0.25, 0.3) is 11.2 Å². The van der Waals surface area contributed by atoms with Crippen LogP contribution in [0.4, 0.5) is 4.39 Å². The number of aryl methyl sites for hydroxylation is 2. The first kappa shape index (κ1) is 24.4. The summed E-state index contributed by atoms with van der Waals surface area (Å²) in [5.41, 5.74) is 0.0295. The molecule has 3 aromatic heterocycles. The molecule has 0 bridgehead atoms. The zero-order valence-corrected chi connectivity index (χ0v) is 20.9. The average Bonchev–Trinajstić information content (AvgIpc) is 3.61. The van der Waals surface area contributed by atoms with Crippen molar-refractivity contribution in [2.45, 2.75) is 76.8 Å². The standard InChI is InChI=1S/C25H28ClFN6O3/c1-2-3-13-32-20-19(29-23(26)30-20)21(34)33(24(32)35)14-7-10-18-28-22(31-36-18)25(11-4-5-12-25)16-8-6-9-17(27)15-16/h6,8-9,15H,2-5,7,10-14H2,1H3,(H,29,30). The molecule has 0 unspecified atom stereocenters. The second kappa shape index (κ2) is 10.0. The fourth-order valence-corrected chi connectivity index (χ4v) is 5.37. The van der Waals surface area contributed by atoms with E-state index >= 15 is 0 Å². The van der Waals surface area contributed by atoms with E-state index in [2.05, 4.69) is 20.1 Å². The van der Waals surface area contributed by atoms with E-state index in [0.717, 1.165) is 44.1 Å². The number of rotatable bonds is 9. The van der Waals surface area contributed by atoms with Crippen molar-refractivity contribution in [1.82, 2.24) is 29.2 Å². The van der Waals surface area contributed by atoms with Crippen LogP contribution in [0.2, 0.25) is 5.28 Å². The summed E-state index contributed by atoms with van der Waals surface area (Å²) in [6.45, 7) is 2.66. The minimum Gasteiger partial charge on any atom is -0.339 e. The normalized spacial score (nSPS) is 15.2. The smallest absolute Gasteiger partial charge is 0.332 e. The molecule has 1 aliphatic carbocycles. The van der Waals surface area contributed by atoms with Crippen LogP contribution in [0.1, 0.15) is 69.1 Å². The highest BCUT2D eigenvalue weighted by atomic mass is 35.5. The van der Waals surface area contributed by atoms with Crippen molar-refractivity contribution in [2.24, 2.45) is 0 Å². The van der Waals surface area contributed by atoms with Crippen LogP contribution < -0.4 is 11.2 Å². The molecular formula is C25H28ClFN6O3. The van der Waals surface area contributed by atoms with Gasteiger partial charge in [0, 0.05) is 19.5 Å². The topological polar surface area (TPSA) is 112 Å². The molecule has 11 heteroatoms. The SMILES string of the molecule is CCCCn1c(=O)n(CCCc2nc(C3(c4cccc(F)c4)CCCC3)no2)c(=O)c2[nH]c(Cl)nc21. The molecule has 0 atom stereocenters. The van der Waals surface area contributed by atoms with E-state index in [1.165, 1.54) is 15.2 Å². The summed E-state index contributed by atoms with van der Waals surface area (Å²) in [6, 6.07) is 6.61. The van der Waals surface area contributed by atoms with Gasteiger partial charge in [0.25, 0.3) is 5.56 Å². The number of imidazole rings is 1. The Labute approximate surface area is 211 Å². The largest absolute Gasteiger partial charge is 0.339 e. The van der Waals surface area contributed by atoms with E-state index in [4.69, 9.17) is 16.1 Å². The number of halogens is 2. The van der Waals surface area contributed by atoms with Crippen molar-refractivity contribution in [3.8, 4) is 0 Å². The van der Waals surface area contributed by atoms with Gasteiger partial charge in [0.05, 0.1) is 5.41 Å². The second-order valence-electron chi connectivity index (χ2n) is 9.39. The Morgan fingerprint density at radius 3 is 2.67 bits per heavy atom. The van der Waals surface area contributed by atoms with Gasteiger partial charge in [-0.1, -0.05) is 43.5 Å². The molecule has 1 saturated carbocycles. The van der Waals surface area contributed by atoms with Gasteiger partial charge < -0.3 is 9.51 Å². The van der Waals surface area contributed by atoms with Crippen LogP contribution in [0.5, 0.6) is 0 Å². The van der Waals surface area contributed by atoms with Gasteiger partial charge in [0.15, 0.2) is 17.0 Å². The monoisotopic (exact) mass is 514 g/mol. The highest BCUT2D eigenvalue weighted by Gasteiger charge is 2.41. The van der Waals surface area contributed by atoms with Crippen LogP contribution >= 0.6 is 11.6 Å². The lowest BCUT2D eigenvalue weighted by molar-refractivity contribution is 0.354. The van der Waals surface area contributed by atoms with Crippen molar-refractivity contribution in [2.75, 3.05) is 0 Å². The van der Waals surface area contributed by atoms with E-state index in [9.17, 15) is 14.0 Å². The van der Waals surface area contributed by atoms with E-state index in [0.29, 0.717) is 31.1 Å². The van der Waals surface area contributed by atoms with Gasteiger partial charge in [-0.25, -0.2) is 9.18 Å². The molecule has 1 aromatic carbocycles. The molecule has 1 N–H and O–H groups in total. The molecular weight excluding hydrogens is 487 g/mol. The zero-order chi connectivity index (χ0) is 25.3. The predicted molar refractivity (Wildman–Crippen MR) is 133 cm³/mol. The van der Waals surface area contributed by atoms with Crippen molar-refractivity contribution in [3.63, 3.8) is 0 Å². The third-order valence-corrected chi connectivity index (χ3v) is 7.25. The number of fused-ring (bicyclic) bond motifs is 1. The summed E-state index contributed by atoms with van der Waals surface area (Å²) >= 11 is 5.99. The van der Waals surface area contributed by atoms with Crippen molar-refractivity contribution < 1.29 is 8.91 Å². The number of aromatic nitrogens is 6. The molecule has 3 heterocycles. The Bertz CT molecular complexity index is 1500. The van der Waals surface area contributed by atoms with Crippen molar-refractivity contribution in [3.05, 3.63) is 73.5 Å². The van der Waals surface area contributed by atoms with E-state index < -0.39 is 16.7 Å². The quantitative estimate of drug-likeness (QED) is 0.332. The number of unbranched alkanes of at least 4 members (excludes halogenated alkanes) is 1. The fraction of sp³-hybridized carbons (Fsp3) is 0.480. The van der Waals surface area contributed by atoms with Gasteiger partial charge in [0.1, 0.15) is 5.82 Å². The Morgan fingerprint density at radius 2 is 1.92 bits per heavy atom. The zero-order valence-electron chi connectivity index (χ0n) is 20.1. The summed E-state index contributed by atoms with van der Waals surface area (Å²) in [4.78, 5) is 37.6. The Kier molecular flexibility index (Phi) is 6.79. The van der Waals surface area contributed by atoms with Crippen LogP contribution in [-0.4, -0.2) is 29.2 Å². The first-order chi connectivity index (χ1) is 17.4. The van der Waals surface area contributed by atoms with E-state index in [1.807, 2.05) is 13.0 Å². The van der Waals surface area contributed by atoms with Gasteiger partial charge in [-0.15, -0.1) is 0 Å². The van der Waals surface area contributed by atoms with Gasteiger partial charge >= 0.3 is 5.69 Å². The average molecular weight is 515 g/mol. The Hall–Kier alpha value is -3.27. The maximum absolute atomic E-state index is 14.0. The minimum atomic E-state index is -0.460. The molecule has 9 nitrogen and oxygen atoms in total. The molecule has 4 aromatic rings. The Morgan fingerprint density at radius 1 is 1.14 bits per heavy atom. The van der Waals surface area contributed by atoms with Gasteiger partial charge in [-0.05, 0) is 55.0 Å². The highest BCUT2D eigenvalue weighted by molar-refractivity contribution is 6.28. The van der Waals surface area contributed by atoms with Crippen LogP contribution in [0.15, 0.2) is 38.4 Å². The Balaban J connectivity index is 1.37. The third-order valence-electron chi connectivity index (χ3n) is 7.07. The molecule has 0 aliphatic heterocycles. The second-order valence-corrected chi connectivity index (χ2v) is 9.74. The summed E-state index contributed by atoms with van der Waals surface area (Å²) in [5, 5.41) is 4.33. The molecule has 1 fully saturated rings. The predicted octanol–water partition coefficient (Wildman–Crippen LogP) is 4.35. The molecule has 5 rings (SSSR count). The van der Waals surface area contributed by atoms with Crippen LogP contribution in [0, 0.1) is 5.82 Å². The summed E-state index contributed by atoms with van der Waals surface area (Å²) < 4.78 is 22.2. The number of hydrogen-bond donors (Lipinski definition) is 1. The van der Waals surface area contributed by atoms with Gasteiger partial charge in [0.2, 0.25) is 11.2 Å². The van der Waals surface area contributed by atoms with Crippen LogP contribution in [0.3, 0.4) is 0 Å². The highest BCUT2D eigenvalue weighted by Crippen LogP contribution is 2.45. The first-order valence-electron chi connectivity index (χ1n) is 12.4. The molecule has 1 aliphatic rings. The van der Waals surface area contributed by atoms with Crippen molar-refractivity contribution in [1.29, 1.82) is 0 Å². The fourth-order valence-electron chi connectivity index (χ4n) is 5.20. The minimum absolute atomic E-state index is 0.0713. The number of nitrogens with zero attached hydrogens (tertiary/aromatic N) is 5. The maximum Gasteiger partial charge on any atom is 0.332 e. The molecule has 0 radical (unpaired) electrons. The van der Waals surface area contributed by atoms with E-state index in [-0.39, 0.29) is 28.8 Å². The molecule has 190 valence electrons. The molecule has 36 heavy (non-hydrogen) atoms. The van der Waals surface area contributed by atoms with Gasteiger partial charge in [-0.3, -0.25) is 13.9 Å². The first-order valence-corrected chi connectivity index (χ1v) is 12.8. The molecule has 0 saturated heterocycles. The number of benzene rings is 1. The molecule has 0 amide bonds. The van der Waals surface area contributed by atoms with E-state index in [1.54, 1.807) is 12.1 Å². The lowest BCUT2D eigenvalue weighted by Crippen LogP contribution is -2.40. The maximum atomic E-state index is 14.0. The van der Waals surface area contributed by atoms with Crippen LogP contribution in [-0.2, 0) is 24.9 Å². The lowest BCUT2D eigenvalue weighted by Gasteiger charge is -2.25. The number of aromatic amines is 1. The third kappa shape index (κ3) is 4.38. The van der Waals surface area contributed by atoms with Crippen molar-refractivity contribution >= 4 is 22.8 Å².